The monoisotopic (exact) mass is 419 g/mol. The van der Waals surface area contributed by atoms with Crippen LogP contribution in [0.5, 0.6) is 17.2 Å². The zero-order chi connectivity index (χ0) is 22.2. The van der Waals surface area contributed by atoms with E-state index in [9.17, 15) is 4.79 Å². The SMILES string of the molecule is CCOc1ccc(NC(=O)c2ccc(OCC)c(COc3cc(C)cc(C)c3)c2)cc1. The average Bonchev–Trinajstić information content (AvgIpc) is 2.74. The minimum absolute atomic E-state index is 0.195. The fourth-order valence-corrected chi connectivity index (χ4v) is 3.31. The zero-order valence-electron chi connectivity index (χ0n) is 18.5. The number of benzene rings is 3. The first-order valence-corrected chi connectivity index (χ1v) is 10.5. The molecule has 3 rings (SSSR count). The highest BCUT2D eigenvalue weighted by molar-refractivity contribution is 6.04. The van der Waals surface area contributed by atoms with Crippen LogP contribution in [-0.2, 0) is 6.61 Å². The quantitative estimate of drug-likeness (QED) is 0.467. The summed E-state index contributed by atoms with van der Waals surface area (Å²) in [4.78, 5) is 12.8. The number of hydrogen-bond acceptors (Lipinski definition) is 4. The van der Waals surface area contributed by atoms with E-state index in [1.54, 1.807) is 6.07 Å². The van der Waals surface area contributed by atoms with Gasteiger partial charge in [0.05, 0.1) is 13.2 Å². The molecular weight excluding hydrogens is 390 g/mol. The molecule has 0 unspecified atom stereocenters. The number of carbonyl (C=O) groups excluding carboxylic acids is 1. The van der Waals surface area contributed by atoms with Gasteiger partial charge >= 0.3 is 0 Å². The summed E-state index contributed by atoms with van der Waals surface area (Å²) < 4.78 is 17.2. The molecule has 0 radical (unpaired) electrons. The van der Waals surface area contributed by atoms with Crippen molar-refractivity contribution < 1.29 is 19.0 Å². The number of carbonyl (C=O) groups is 1. The number of hydrogen-bond donors (Lipinski definition) is 1. The lowest BCUT2D eigenvalue weighted by atomic mass is 10.1. The van der Waals surface area contributed by atoms with Gasteiger partial charge in [-0.05, 0) is 93.4 Å². The zero-order valence-corrected chi connectivity index (χ0v) is 18.5. The Morgan fingerprint density at radius 2 is 1.45 bits per heavy atom. The van der Waals surface area contributed by atoms with Gasteiger partial charge in [-0.3, -0.25) is 4.79 Å². The summed E-state index contributed by atoms with van der Waals surface area (Å²) in [7, 11) is 0. The molecule has 0 fully saturated rings. The van der Waals surface area contributed by atoms with E-state index < -0.39 is 0 Å². The molecule has 0 aromatic heterocycles. The van der Waals surface area contributed by atoms with Crippen molar-refractivity contribution in [1.82, 2.24) is 0 Å². The predicted octanol–water partition coefficient (Wildman–Crippen LogP) is 5.93. The molecule has 0 saturated heterocycles. The number of amides is 1. The summed E-state index contributed by atoms with van der Waals surface area (Å²) in [5.41, 5.74) is 4.35. The third kappa shape index (κ3) is 6.25. The van der Waals surface area contributed by atoms with Gasteiger partial charge in [-0.1, -0.05) is 6.07 Å². The van der Waals surface area contributed by atoms with Crippen molar-refractivity contribution in [2.24, 2.45) is 0 Å². The van der Waals surface area contributed by atoms with E-state index in [0.717, 1.165) is 28.2 Å². The molecule has 162 valence electrons. The van der Waals surface area contributed by atoms with E-state index in [1.807, 2.05) is 76.2 Å². The predicted molar refractivity (Wildman–Crippen MR) is 123 cm³/mol. The largest absolute Gasteiger partial charge is 0.494 e. The second-order valence-corrected chi connectivity index (χ2v) is 7.28. The van der Waals surface area contributed by atoms with Gasteiger partial charge < -0.3 is 19.5 Å². The van der Waals surface area contributed by atoms with Crippen molar-refractivity contribution >= 4 is 11.6 Å². The van der Waals surface area contributed by atoms with Gasteiger partial charge in [-0.15, -0.1) is 0 Å². The van der Waals surface area contributed by atoms with Crippen LogP contribution in [0.4, 0.5) is 5.69 Å². The number of nitrogens with one attached hydrogen (secondary N) is 1. The lowest BCUT2D eigenvalue weighted by molar-refractivity contribution is 0.102. The van der Waals surface area contributed by atoms with E-state index in [1.165, 1.54) is 0 Å². The third-order valence-electron chi connectivity index (χ3n) is 4.64. The van der Waals surface area contributed by atoms with Gasteiger partial charge in [0, 0.05) is 16.8 Å². The van der Waals surface area contributed by atoms with Crippen LogP contribution in [0.3, 0.4) is 0 Å². The van der Waals surface area contributed by atoms with Gasteiger partial charge in [-0.25, -0.2) is 0 Å². The van der Waals surface area contributed by atoms with Gasteiger partial charge in [0.1, 0.15) is 23.9 Å². The highest BCUT2D eigenvalue weighted by Crippen LogP contribution is 2.25. The number of aryl methyl sites for hydroxylation is 2. The molecule has 0 spiro atoms. The summed E-state index contributed by atoms with van der Waals surface area (Å²) in [5, 5.41) is 2.92. The topological polar surface area (TPSA) is 56.8 Å². The highest BCUT2D eigenvalue weighted by atomic mass is 16.5. The summed E-state index contributed by atoms with van der Waals surface area (Å²) in [5.74, 6) is 2.08. The van der Waals surface area contributed by atoms with Crippen LogP contribution in [-0.4, -0.2) is 19.1 Å². The van der Waals surface area contributed by atoms with Gasteiger partial charge in [0.15, 0.2) is 0 Å². The Hall–Kier alpha value is -3.47. The maximum atomic E-state index is 12.8. The number of anilines is 1. The van der Waals surface area contributed by atoms with E-state index >= 15 is 0 Å². The molecule has 1 amide bonds. The number of ether oxygens (including phenoxy) is 3. The Balaban J connectivity index is 1.75. The minimum atomic E-state index is -0.195. The van der Waals surface area contributed by atoms with Crippen LogP contribution in [0, 0.1) is 13.8 Å². The second kappa shape index (κ2) is 10.5. The third-order valence-corrected chi connectivity index (χ3v) is 4.64. The van der Waals surface area contributed by atoms with Crippen LogP contribution in [0.25, 0.3) is 0 Å². The molecule has 3 aromatic carbocycles. The van der Waals surface area contributed by atoms with Gasteiger partial charge in [0.2, 0.25) is 0 Å². The smallest absolute Gasteiger partial charge is 0.255 e. The Labute approximate surface area is 184 Å². The van der Waals surface area contributed by atoms with E-state index in [0.29, 0.717) is 36.8 Å². The first-order chi connectivity index (χ1) is 15.0. The van der Waals surface area contributed by atoms with Crippen LogP contribution >= 0.6 is 0 Å². The first-order valence-electron chi connectivity index (χ1n) is 10.5. The normalized spacial score (nSPS) is 10.5. The molecule has 0 heterocycles. The summed E-state index contributed by atoms with van der Waals surface area (Å²) in [6.45, 7) is 9.39. The van der Waals surface area contributed by atoms with Crippen LogP contribution < -0.4 is 19.5 Å². The van der Waals surface area contributed by atoms with Gasteiger partial charge in [0.25, 0.3) is 5.91 Å². The lowest BCUT2D eigenvalue weighted by Gasteiger charge is -2.14. The van der Waals surface area contributed by atoms with E-state index in [2.05, 4.69) is 11.4 Å². The Kier molecular flexibility index (Phi) is 7.55. The van der Waals surface area contributed by atoms with Crippen LogP contribution in [0.1, 0.15) is 40.9 Å². The van der Waals surface area contributed by atoms with Crippen molar-refractivity contribution in [2.45, 2.75) is 34.3 Å². The number of rotatable bonds is 9. The average molecular weight is 420 g/mol. The Morgan fingerprint density at radius 3 is 2.10 bits per heavy atom. The lowest BCUT2D eigenvalue weighted by Crippen LogP contribution is -2.13. The van der Waals surface area contributed by atoms with Crippen molar-refractivity contribution in [2.75, 3.05) is 18.5 Å². The molecule has 0 aliphatic heterocycles. The minimum Gasteiger partial charge on any atom is -0.494 e. The molecule has 0 aliphatic carbocycles. The Bertz CT molecular complexity index is 1010. The molecule has 0 atom stereocenters. The first kappa shape index (κ1) is 22.2. The van der Waals surface area contributed by atoms with Crippen molar-refractivity contribution in [3.8, 4) is 17.2 Å². The van der Waals surface area contributed by atoms with Crippen molar-refractivity contribution in [3.05, 3.63) is 82.9 Å². The van der Waals surface area contributed by atoms with Crippen LogP contribution in [0.15, 0.2) is 60.7 Å². The maximum Gasteiger partial charge on any atom is 0.255 e. The standard InChI is InChI=1S/C26H29NO4/c1-5-29-23-10-8-22(9-11-23)27-26(28)20-7-12-25(30-6-2)21(16-20)17-31-24-14-18(3)13-19(4)15-24/h7-16H,5-6,17H2,1-4H3,(H,27,28). The van der Waals surface area contributed by atoms with Gasteiger partial charge in [-0.2, -0.15) is 0 Å². The molecule has 0 aliphatic rings. The van der Waals surface area contributed by atoms with E-state index in [-0.39, 0.29) is 5.91 Å². The molecule has 31 heavy (non-hydrogen) atoms. The van der Waals surface area contributed by atoms with E-state index in [4.69, 9.17) is 14.2 Å². The summed E-state index contributed by atoms with van der Waals surface area (Å²) >= 11 is 0. The molecule has 3 aromatic rings. The highest BCUT2D eigenvalue weighted by Gasteiger charge is 2.12. The molecule has 0 saturated carbocycles. The molecular formula is C26H29NO4. The second-order valence-electron chi connectivity index (χ2n) is 7.28. The summed E-state index contributed by atoms with van der Waals surface area (Å²) in [6.07, 6.45) is 0. The van der Waals surface area contributed by atoms with Crippen molar-refractivity contribution in [1.29, 1.82) is 0 Å². The fraction of sp³-hybridized carbons (Fsp3) is 0.269. The van der Waals surface area contributed by atoms with Crippen molar-refractivity contribution in [3.63, 3.8) is 0 Å². The molecule has 1 N–H and O–H groups in total. The Morgan fingerprint density at radius 1 is 0.774 bits per heavy atom. The van der Waals surface area contributed by atoms with Crippen LogP contribution in [0.2, 0.25) is 0 Å². The fourth-order valence-electron chi connectivity index (χ4n) is 3.31. The summed E-state index contributed by atoms with van der Waals surface area (Å²) in [6, 6.07) is 18.8. The molecule has 5 nitrogen and oxygen atoms in total. The maximum absolute atomic E-state index is 12.8. The molecule has 5 heteroatoms. The molecule has 0 bridgehead atoms.